The standard InChI is InChI=1S/C12H17NO2S/c13-11-3-1-2-10(8-11)9-16(14)12-4-6-15-7-5-12/h1-3,8,12H,4-7,9,13H2. The molecule has 0 spiro atoms. The van der Waals surface area contributed by atoms with Crippen LogP contribution in [-0.2, 0) is 21.7 Å². The minimum absolute atomic E-state index is 0.287. The largest absolute Gasteiger partial charge is 0.616 e. The van der Waals surface area contributed by atoms with E-state index in [2.05, 4.69) is 0 Å². The maximum atomic E-state index is 12.1. The summed E-state index contributed by atoms with van der Waals surface area (Å²) in [6.45, 7) is 1.49. The van der Waals surface area contributed by atoms with Gasteiger partial charge in [-0.05, 0) is 23.3 Å². The highest BCUT2D eigenvalue weighted by Gasteiger charge is 2.25. The summed E-state index contributed by atoms with van der Waals surface area (Å²) in [7, 11) is 0. The number of nitrogens with two attached hydrogens (primary N) is 1. The first-order valence-corrected chi connectivity index (χ1v) is 6.93. The Balaban J connectivity index is 1.93. The molecule has 0 radical (unpaired) electrons. The van der Waals surface area contributed by atoms with Gasteiger partial charge in [0.05, 0.1) is 13.2 Å². The minimum atomic E-state index is -0.801. The lowest BCUT2D eigenvalue weighted by Gasteiger charge is -2.25. The second kappa shape index (κ2) is 5.57. The molecule has 0 aliphatic carbocycles. The third-order valence-electron chi connectivity index (χ3n) is 2.80. The van der Waals surface area contributed by atoms with Crippen molar-refractivity contribution < 1.29 is 9.29 Å². The summed E-state index contributed by atoms with van der Waals surface area (Å²) < 4.78 is 17.4. The van der Waals surface area contributed by atoms with Crippen LogP contribution in [0.1, 0.15) is 18.4 Å². The Labute approximate surface area is 99.2 Å². The Morgan fingerprint density at radius 1 is 1.38 bits per heavy atom. The van der Waals surface area contributed by atoms with Crippen LogP contribution >= 0.6 is 0 Å². The van der Waals surface area contributed by atoms with Gasteiger partial charge >= 0.3 is 0 Å². The van der Waals surface area contributed by atoms with E-state index in [1.807, 2.05) is 24.3 Å². The molecule has 88 valence electrons. The van der Waals surface area contributed by atoms with Gasteiger partial charge in [0.15, 0.2) is 0 Å². The first-order chi connectivity index (χ1) is 7.75. The van der Waals surface area contributed by atoms with Gasteiger partial charge in [-0.25, -0.2) is 0 Å². The molecule has 2 N–H and O–H groups in total. The van der Waals surface area contributed by atoms with Crippen LogP contribution in [0, 0.1) is 0 Å². The van der Waals surface area contributed by atoms with Crippen LogP contribution in [-0.4, -0.2) is 23.0 Å². The summed E-state index contributed by atoms with van der Waals surface area (Å²) in [4.78, 5) is 0. The Morgan fingerprint density at radius 3 is 2.81 bits per heavy atom. The van der Waals surface area contributed by atoms with Crippen molar-refractivity contribution in [3.63, 3.8) is 0 Å². The van der Waals surface area contributed by atoms with E-state index < -0.39 is 11.2 Å². The highest BCUT2D eigenvalue weighted by Crippen LogP contribution is 2.20. The van der Waals surface area contributed by atoms with E-state index in [4.69, 9.17) is 10.5 Å². The number of hydrogen-bond acceptors (Lipinski definition) is 3. The highest BCUT2D eigenvalue weighted by atomic mass is 32.2. The van der Waals surface area contributed by atoms with E-state index in [9.17, 15) is 4.55 Å². The first-order valence-electron chi connectivity index (χ1n) is 5.55. The lowest BCUT2D eigenvalue weighted by Crippen LogP contribution is -2.29. The molecule has 0 aromatic heterocycles. The molecular weight excluding hydrogens is 222 g/mol. The molecule has 0 bridgehead atoms. The SMILES string of the molecule is Nc1cccc(C[S+]([O-])C2CCOCC2)c1. The zero-order valence-electron chi connectivity index (χ0n) is 9.22. The summed E-state index contributed by atoms with van der Waals surface area (Å²) >= 11 is -0.801. The Hall–Kier alpha value is -0.710. The summed E-state index contributed by atoms with van der Waals surface area (Å²) in [5.41, 5.74) is 7.49. The van der Waals surface area contributed by atoms with Gasteiger partial charge in [0.2, 0.25) is 0 Å². The molecule has 1 aromatic carbocycles. The average molecular weight is 239 g/mol. The minimum Gasteiger partial charge on any atom is -0.616 e. The predicted octanol–water partition coefficient (Wildman–Crippen LogP) is 1.70. The molecule has 1 heterocycles. The van der Waals surface area contributed by atoms with Crippen molar-refractivity contribution >= 4 is 16.9 Å². The summed E-state index contributed by atoms with van der Waals surface area (Å²) in [6, 6.07) is 7.64. The van der Waals surface area contributed by atoms with Gasteiger partial charge < -0.3 is 15.0 Å². The van der Waals surface area contributed by atoms with Gasteiger partial charge in [-0.15, -0.1) is 0 Å². The lowest BCUT2D eigenvalue weighted by molar-refractivity contribution is 0.0983. The summed E-state index contributed by atoms with van der Waals surface area (Å²) in [6.07, 6.45) is 1.82. The summed E-state index contributed by atoms with van der Waals surface area (Å²) in [5.74, 6) is 0.607. The van der Waals surface area contributed by atoms with Gasteiger partial charge in [0.25, 0.3) is 0 Å². The number of benzene rings is 1. The maximum Gasteiger partial charge on any atom is 0.131 e. The first kappa shape index (κ1) is 11.8. The number of nitrogen functional groups attached to an aromatic ring is 1. The number of rotatable bonds is 3. The van der Waals surface area contributed by atoms with E-state index >= 15 is 0 Å². The molecule has 3 nitrogen and oxygen atoms in total. The molecule has 1 atom stereocenters. The molecule has 4 heteroatoms. The van der Waals surface area contributed by atoms with Crippen LogP contribution in [0.5, 0.6) is 0 Å². The van der Waals surface area contributed by atoms with Crippen molar-refractivity contribution in [3.8, 4) is 0 Å². The van der Waals surface area contributed by atoms with Gasteiger partial charge in [-0.3, -0.25) is 0 Å². The van der Waals surface area contributed by atoms with Crippen molar-refractivity contribution in [3.05, 3.63) is 29.8 Å². The third kappa shape index (κ3) is 3.14. The van der Waals surface area contributed by atoms with Crippen molar-refractivity contribution in [2.75, 3.05) is 18.9 Å². The van der Waals surface area contributed by atoms with Crippen LogP contribution in [0.4, 0.5) is 5.69 Å². The molecule has 1 saturated heterocycles. The van der Waals surface area contributed by atoms with Crippen LogP contribution in [0.15, 0.2) is 24.3 Å². The number of hydrogen-bond donors (Lipinski definition) is 1. The van der Waals surface area contributed by atoms with Crippen LogP contribution in [0.25, 0.3) is 0 Å². The number of anilines is 1. The highest BCUT2D eigenvalue weighted by molar-refractivity contribution is 7.91. The molecule has 2 rings (SSSR count). The quantitative estimate of drug-likeness (QED) is 0.645. The van der Waals surface area contributed by atoms with Crippen LogP contribution in [0.2, 0.25) is 0 Å². The maximum absolute atomic E-state index is 12.1. The zero-order valence-corrected chi connectivity index (χ0v) is 10.0. The second-order valence-electron chi connectivity index (χ2n) is 4.08. The van der Waals surface area contributed by atoms with Gasteiger partial charge in [-0.2, -0.15) is 0 Å². The van der Waals surface area contributed by atoms with Crippen LogP contribution < -0.4 is 5.73 Å². The van der Waals surface area contributed by atoms with Gasteiger partial charge in [0, 0.05) is 24.1 Å². The van der Waals surface area contributed by atoms with Crippen molar-refractivity contribution in [2.45, 2.75) is 23.8 Å². The van der Waals surface area contributed by atoms with Gasteiger partial charge in [0.1, 0.15) is 11.0 Å². The Kier molecular flexibility index (Phi) is 4.09. The van der Waals surface area contributed by atoms with Crippen molar-refractivity contribution in [1.29, 1.82) is 0 Å². The molecule has 1 unspecified atom stereocenters. The normalized spacial score (nSPS) is 19.6. The van der Waals surface area contributed by atoms with E-state index in [-0.39, 0.29) is 5.25 Å². The molecule has 16 heavy (non-hydrogen) atoms. The van der Waals surface area contributed by atoms with Gasteiger partial charge in [-0.1, -0.05) is 12.1 Å². The molecule has 1 aliphatic rings. The van der Waals surface area contributed by atoms with E-state index in [1.165, 1.54) is 0 Å². The molecule has 1 fully saturated rings. The molecule has 1 aromatic rings. The molecule has 0 amide bonds. The average Bonchev–Trinajstić information content (AvgIpc) is 2.30. The summed E-state index contributed by atoms with van der Waals surface area (Å²) in [5, 5.41) is 0.287. The fourth-order valence-corrected chi connectivity index (χ4v) is 3.37. The third-order valence-corrected chi connectivity index (χ3v) is 4.63. The molecule has 1 aliphatic heterocycles. The monoisotopic (exact) mass is 239 g/mol. The topological polar surface area (TPSA) is 58.3 Å². The number of ether oxygens (including phenoxy) is 1. The van der Waals surface area contributed by atoms with E-state index in [0.717, 1.165) is 37.3 Å². The Morgan fingerprint density at radius 2 is 2.12 bits per heavy atom. The van der Waals surface area contributed by atoms with E-state index in [0.29, 0.717) is 5.75 Å². The smallest absolute Gasteiger partial charge is 0.131 e. The van der Waals surface area contributed by atoms with Crippen LogP contribution in [0.3, 0.4) is 0 Å². The van der Waals surface area contributed by atoms with Crippen molar-refractivity contribution in [2.24, 2.45) is 0 Å². The predicted molar refractivity (Wildman–Crippen MR) is 66.5 cm³/mol. The fourth-order valence-electron chi connectivity index (χ4n) is 1.90. The van der Waals surface area contributed by atoms with E-state index in [1.54, 1.807) is 0 Å². The zero-order chi connectivity index (χ0) is 11.4. The molecular formula is C12H17NO2S. The Bertz CT molecular complexity index is 340. The van der Waals surface area contributed by atoms with Crippen molar-refractivity contribution in [1.82, 2.24) is 0 Å². The lowest BCUT2D eigenvalue weighted by atomic mass is 10.2. The fraction of sp³-hybridized carbons (Fsp3) is 0.500. The molecule has 0 saturated carbocycles. The second-order valence-corrected chi connectivity index (χ2v) is 5.80.